The maximum absolute atomic E-state index is 12.2. The number of hydrogen-bond donors (Lipinski definition) is 1. The summed E-state index contributed by atoms with van der Waals surface area (Å²) in [5, 5.41) is 3.18. The summed E-state index contributed by atoms with van der Waals surface area (Å²) in [5.74, 6) is -0.679. The molecule has 106 valence electrons. The van der Waals surface area contributed by atoms with Gasteiger partial charge in [-0.15, -0.1) is 0 Å². The molecule has 1 N–H and O–H groups in total. The van der Waals surface area contributed by atoms with Gasteiger partial charge in [0.15, 0.2) is 9.84 Å². The number of benzene rings is 1. The summed E-state index contributed by atoms with van der Waals surface area (Å²) < 4.78 is 47.6. The van der Waals surface area contributed by atoms with E-state index < -0.39 is 22.0 Å². The van der Waals surface area contributed by atoms with Crippen molar-refractivity contribution < 1.29 is 17.2 Å². The molecule has 0 aromatic heterocycles. The van der Waals surface area contributed by atoms with Crippen molar-refractivity contribution in [3.05, 3.63) is 29.8 Å². The standard InChI is InChI=1S/C13H17F2NO2S/c1-16-11-6-10(7-11)9-2-4-12(5-3-9)19(17,18)8-13(14)15/h2-5,10-11,13,16H,6-8H2,1H3. The lowest BCUT2D eigenvalue weighted by molar-refractivity contribution is 0.174. The van der Waals surface area contributed by atoms with Crippen molar-refractivity contribution in [2.24, 2.45) is 0 Å². The first-order chi connectivity index (χ1) is 8.92. The molecule has 6 heteroatoms. The normalized spacial score (nSPS) is 23.4. The molecule has 1 fully saturated rings. The topological polar surface area (TPSA) is 46.2 Å². The monoisotopic (exact) mass is 289 g/mol. The van der Waals surface area contributed by atoms with Gasteiger partial charge in [0.2, 0.25) is 0 Å². The predicted octanol–water partition coefficient (Wildman–Crippen LogP) is 2.19. The minimum Gasteiger partial charge on any atom is -0.317 e. The Morgan fingerprint density at radius 1 is 1.26 bits per heavy atom. The van der Waals surface area contributed by atoms with Gasteiger partial charge in [-0.05, 0) is 43.5 Å². The van der Waals surface area contributed by atoms with Crippen molar-refractivity contribution in [2.45, 2.75) is 36.1 Å². The van der Waals surface area contributed by atoms with E-state index in [9.17, 15) is 17.2 Å². The highest BCUT2D eigenvalue weighted by molar-refractivity contribution is 7.91. The van der Waals surface area contributed by atoms with Gasteiger partial charge in [-0.3, -0.25) is 0 Å². The zero-order chi connectivity index (χ0) is 14.0. The highest BCUT2D eigenvalue weighted by atomic mass is 32.2. The first-order valence-corrected chi connectivity index (χ1v) is 7.85. The van der Waals surface area contributed by atoms with Crippen LogP contribution in [0.3, 0.4) is 0 Å². The molecular weight excluding hydrogens is 272 g/mol. The van der Waals surface area contributed by atoms with Crippen LogP contribution in [0.1, 0.15) is 24.3 Å². The second kappa shape index (κ2) is 5.54. The van der Waals surface area contributed by atoms with Gasteiger partial charge in [0.25, 0.3) is 6.43 Å². The lowest BCUT2D eigenvalue weighted by Gasteiger charge is -2.35. The molecule has 0 radical (unpaired) electrons. The Balaban J connectivity index is 2.07. The number of hydrogen-bond acceptors (Lipinski definition) is 3. The minimum absolute atomic E-state index is 0.0268. The number of nitrogens with one attached hydrogen (secondary N) is 1. The largest absolute Gasteiger partial charge is 0.317 e. The Morgan fingerprint density at radius 2 is 1.84 bits per heavy atom. The molecule has 0 amide bonds. The zero-order valence-electron chi connectivity index (χ0n) is 10.6. The van der Waals surface area contributed by atoms with Crippen molar-refractivity contribution >= 4 is 9.84 Å². The van der Waals surface area contributed by atoms with Crippen LogP contribution in [0.2, 0.25) is 0 Å². The van der Waals surface area contributed by atoms with E-state index in [-0.39, 0.29) is 4.90 Å². The zero-order valence-corrected chi connectivity index (χ0v) is 11.5. The van der Waals surface area contributed by atoms with E-state index in [1.807, 2.05) is 7.05 Å². The molecule has 0 atom stereocenters. The van der Waals surface area contributed by atoms with Crippen molar-refractivity contribution in [1.82, 2.24) is 5.32 Å². The van der Waals surface area contributed by atoms with Crippen LogP contribution in [0, 0.1) is 0 Å². The average Bonchev–Trinajstić information content (AvgIpc) is 2.26. The first-order valence-electron chi connectivity index (χ1n) is 6.20. The van der Waals surface area contributed by atoms with Crippen LogP contribution in [-0.2, 0) is 9.84 Å². The maximum atomic E-state index is 12.2. The molecular formula is C13H17F2NO2S. The third-order valence-corrected chi connectivity index (χ3v) is 5.28. The van der Waals surface area contributed by atoms with Crippen LogP contribution in [-0.4, -0.2) is 33.7 Å². The van der Waals surface area contributed by atoms with Gasteiger partial charge in [0.1, 0.15) is 5.75 Å². The average molecular weight is 289 g/mol. The lowest BCUT2D eigenvalue weighted by Crippen LogP contribution is -2.37. The second-order valence-electron chi connectivity index (χ2n) is 4.90. The summed E-state index contributed by atoms with van der Waals surface area (Å²) in [6.07, 6.45) is -0.785. The molecule has 3 nitrogen and oxygen atoms in total. The van der Waals surface area contributed by atoms with Gasteiger partial charge in [-0.25, -0.2) is 17.2 Å². The fraction of sp³-hybridized carbons (Fsp3) is 0.538. The van der Waals surface area contributed by atoms with Crippen molar-refractivity contribution in [1.29, 1.82) is 0 Å². The molecule has 1 saturated carbocycles. The van der Waals surface area contributed by atoms with Crippen molar-refractivity contribution in [3.8, 4) is 0 Å². The van der Waals surface area contributed by atoms with Crippen LogP contribution >= 0.6 is 0 Å². The Bertz CT molecular complexity index is 522. The summed E-state index contributed by atoms with van der Waals surface area (Å²) in [6, 6.07) is 6.84. The Morgan fingerprint density at radius 3 is 2.32 bits per heavy atom. The second-order valence-corrected chi connectivity index (χ2v) is 6.93. The number of sulfone groups is 1. The van der Waals surface area contributed by atoms with E-state index in [1.165, 1.54) is 12.1 Å². The Kier molecular flexibility index (Phi) is 4.20. The highest BCUT2D eigenvalue weighted by Crippen LogP contribution is 2.36. The van der Waals surface area contributed by atoms with Crippen LogP contribution < -0.4 is 5.32 Å². The Labute approximate surface area is 111 Å². The molecule has 2 rings (SSSR count). The number of rotatable bonds is 5. The van der Waals surface area contributed by atoms with Crippen LogP contribution in [0.15, 0.2) is 29.2 Å². The molecule has 0 heterocycles. The van der Waals surface area contributed by atoms with E-state index in [2.05, 4.69) is 5.32 Å². The molecule has 0 saturated heterocycles. The van der Waals surface area contributed by atoms with Crippen molar-refractivity contribution in [2.75, 3.05) is 12.8 Å². The lowest BCUT2D eigenvalue weighted by atomic mass is 9.76. The van der Waals surface area contributed by atoms with E-state index in [4.69, 9.17) is 0 Å². The van der Waals surface area contributed by atoms with Gasteiger partial charge in [0.05, 0.1) is 4.90 Å². The van der Waals surface area contributed by atoms with Gasteiger partial charge < -0.3 is 5.32 Å². The fourth-order valence-corrected chi connectivity index (χ4v) is 3.41. The van der Waals surface area contributed by atoms with E-state index in [1.54, 1.807) is 12.1 Å². The van der Waals surface area contributed by atoms with Crippen LogP contribution in [0.4, 0.5) is 8.78 Å². The molecule has 0 bridgehead atoms. The molecule has 19 heavy (non-hydrogen) atoms. The summed E-state index contributed by atoms with van der Waals surface area (Å²) in [4.78, 5) is -0.0268. The van der Waals surface area contributed by atoms with Gasteiger partial charge in [-0.1, -0.05) is 12.1 Å². The van der Waals surface area contributed by atoms with Crippen LogP contribution in [0.25, 0.3) is 0 Å². The van der Waals surface area contributed by atoms with Crippen molar-refractivity contribution in [3.63, 3.8) is 0 Å². The summed E-state index contributed by atoms with van der Waals surface area (Å²) >= 11 is 0. The van der Waals surface area contributed by atoms with Gasteiger partial charge in [0, 0.05) is 6.04 Å². The first kappa shape index (κ1) is 14.4. The van der Waals surface area contributed by atoms with Gasteiger partial charge >= 0.3 is 0 Å². The summed E-state index contributed by atoms with van der Waals surface area (Å²) in [5.41, 5.74) is 1.07. The SMILES string of the molecule is CNC1CC(c2ccc(S(=O)(=O)CC(F)F)cc2)C1. The smallest absolute Gasteiger partial charge is 0.252 e. The molecule has 1 aliphatic carbocycles. The molecule has 0 unspecified atom stereocenters. The molecule has 1 aliphatic rings. The molecule has 0 aliphatic heterocycles. The predicted molar refractivity (Wildman–Crippen MR) is 69.3 cm³/mol. The third kappa shape index (κ3) is 3.30. The van der Waals surface area contributed by atoms with E-state index in [0.29, 0.717) is 12.0 Å². The number of halogens is 2. The fourth-order valence-electron chi connectivity index (χ4n) is 2.34. The minimum atomic E-state index is -3.87. The van der Waals surface area contributed by atoms with E-state index >= 15 is 0 Å². The Hall–Kier alpha value is -1.01. The third-order valence-electron chi connectivity index (χ3n) is 3.60. The molecule has 0 spiro atoms. The van der Waals surface area contributed by atoms with Gasteiger partial charge in [-0.2, -0.15) is 0 Å². The quantitative estimate of drug-likeness (QED) is 0.904. The van der Waals surface area contributed by atoms with Crippen LogP contribution in [0.5, 0.6) is 0 Å². The highest BCUT2D eigenvalue weighted by Gasteiger charge is 2.29. The summed E-state index contributed by atoms with van der Waals surface area (Å²) in [6.45, 7) is 0. The maximum Gasteiger partial charge on any atom is 0.252 e. The van der Waals surface area contributed by atoms with E-state index in [0.717, 1.165) is 18.4 Å². The molecule has 1 aromatic carbocycles. The summed E-state index contributed by atoms with van der Waals surface area (Å²) in [7, 11) is -1.95. The molecule has 1 aromatic rings. The number of alkyl halides is 2.